The van der Waals surface area contributed by atoms with Crippen LogP contribution >= 0.6 is 11.8 Å². The van der Waals surface area contributed by atoms with Gasteiger partial charge in [0.2, 0.25) is 5.16 Å². The summed E-state index contributed by atoms with van der Waals surface area (Å²) in [5.41, 5.74) is 4.25. The van der Waals surface area contributed by atoms with Gasteiger partial charge in [0.1, 0.15) is 12.3 Å². The molecule has 2 aromatic heterocycles. The van der Waals surface area contributed by atoms with E-state index in [4.69, 9.17) is 4.42 Å². The molecule has 0 spiro atoms. The smallest absolute Gasteiger partial charge is 0.209 e. The molecule has 142 valence electrons. The molecule has 0 bridgehead atoms. The number of aromatic nitrogens is 3. The average Bonchev–Trinajstić information content (AvgIpc) is 3.54. The van der Waals surface area contributed by atoms with Gasteiger partial charge in [0.05, 0.1) is 5.71 Å². The third kappa shape index (κ3) is 3.88. The summed E-state index contributed by atoms with van der Waals surface area (Å²) in [4.78, 5) is 4.50. The predicted octanol–water partition coefficient (Wildman–Crippen LogP) is 5.31. The van der Waals surface area contributed by atoms with Crippen LogP contribution < -0.4 is 0 Å². The van der Waals surface area contributed by atoms with E-state index in [1.54, 1.807) is 0 Å². The summed E-state index contributed by atoms with van der Waals surface area (Å²) in [5, 5.41) is 19.2. The van der Waals surface area contributed by atoms with E-state index in [1.807, 2.05) is 42.5 Å². The minimum absolute atomic E-state index is 0.549. The lowest BCUT2D eigenvalue weighted by atomic mass is 10.0. The van der Waals surface area contributed by atoms with Gasteiger partial charge < -0.3 is 4.42 Å². The van der Waals surface area contributed by atoms with Crippen LogP contribution in [0, 0.1) is 0 Å². The Morgan fingerprint density at radius 3 is 2.59 bits per heavy atom. The maximum absolute atomic E-state index is 6.04. The van der Waals surface area contributed by atoms with E-state index in [-0.39, 0.29) is 0 Å². The van der Waals surface area contributed by atoms with Crippen LogP contribution in [0.4, 0.5) is 0 Å². The molecule has 0 atom stereocenters. The van der Waals surface area contributed by atoms with Crippen LogP contribution in [0.3, 0.4) is 0 Å². The first-order valence-electron chi connectivity index (χ1n) is 9.09. The van der Waals surface area contributed by atoms with Gasteiger partial charge in [-0.3, -0.25) is 5.10 Å². The summed E-state index contributed by atoms with van der Waals surface area (Å²) >= 11 is 1.49. The van der Waals surface area contributed by atoms with Crippen molar-refractivity contribution in [1.82, 2.24) is 15.2 Å². The first-order chi connectivity index (χ1) is 14.3. The zero-order chi connectivity index (χ0) is 19.5. The van der Waals surface area contributed by atoms with Crippen molar-refractivity contribution in [2.45, 2.75) is 5.16 Å². The van der Waals surface area contributed by atoms with Crippen LogP contribution in [0.25, 0.3) is 34.0 Å². The number of aromatic amines is 1. The lowest BCUT2D eigenvalue weighted by molar-refractivity contribution is 0.592. The Balaban J connectivity index is 1.33. The number of thioether (sulfide) groups is 1. The molecule has 0 unspecified atom stereocenters. The van der Waals surface area contributed by atoms with E-state index in [2.05, 4.69) is 54.9 Å². The van der Waals surface area contributed by atoms with E-state index in [0.29, 0.717) is 29.0 Å². The van der Waals surface area contributed by atoms with Crippen molar-refractivity contribution in [2.75, 3.05) is 12.3 Å². The monoisotopic (exact) mass is 400 g/mol. The Kier molecular flexibility index (Phi) is 4.75. The minimum Gasteiger partial charge on any atom is -0.453 e. The molecule has 29 heavy (non-hydrogen) atoms. The summed E-state index contributed by atoms with van der Waals surface area (Å²) < 4.78 is 6.04. The molecule has 1 aliphatic heterocycles. The SMILES string of the molecule is c1ccc(-c2cccc(-c3ccc(-c4nc(SCC5=NN=NC5)n[nH]4)o3)c2)cc1. The second-order valence-electron chi connectivity index (χ2n) is 6.42. The molecule has 4 aromatic rings. The van der Waals surface area contributed by atoms with Crippen molar-refractivity contribution in [1.29, 1.82) is 0 Å². The first-order valence-corrected chi connectivity index (χ1v) is 10.1. The Hall–Kier alpha value is -3.52. The summed E-state index contributed by atoms with van der Waals surface area (Å²) in [7, 11) is 0. The van der Waals surface area contributed by atoms with E-state index >= 15 is 0 Å². The lowest BCUT2D eigenvalue weighted by Crippen LogP contribution is -2.02. The third-order valence-corrected chi connectivity index (χ3v) is 5.35. The zero-order valence-electron chi connectivity index (χ0n) is 15.3. The highest BCUT2D eigenvalue weighted by molar-refractivity contribution is 7.99. The predicted molar refractivity (Wildman–Crippen MR) is 113 cm³/mol. The highest BCUT2D eigenvalue weighted by Crippen LogP contribution is 2.30. The largest absolute Gasteiger partial charge is 0.453 e. The molecule has 0 saturated carbocycles. The fourth-order valence-electron chi connectivity index (χ4n) is 2.99. The van der Waals surface area contributed by atoms with E-state index in [0.717, 1.165) is 22.6 Å². The van der Waals surface area contributed by atoms with Crippen molar-refractivity contribution in [3.05, 3.63) is 66.7 Å². The number of nitrogens with one attached hydrogen (secondary N) is 1. The Morgan fingerprint density at radius 2 is 1.72 bits per heavy atom. The van der Waals surface area contributed by atoms with Gasteiger partial charge >= 0.3 is 0 Å². The van der Waals surface area contributed by atoms with Crippen LogP contribution in [0.1, 0.15) is 0 Å². The van der Waals surface area contributed by atoms with E-state index in [9.17, 15) is 0 Å². The zero-order valence-corrected chi connectivity index (χ0v) is 16.1. The van der Waals surface area contributed by atoms with E-state index in [1.165, 1.54) is 17.3 Å². The second kappa shape index (κ2) is 7.84. The maximum atomic E-state index is 6.04. The van der Waals surface area contributed by atoms with Crippen LogP contribution in [0.5, 0.6) is 0 Å². The van der Waals surface area contributed by atoms with Gasteiger partial charge in [-0.2, -0.15) is 10.1 Å². The molecule has 0 radical (unpaired) electrons. The van der Waals surface area contributed by atoms with Crippen LogP contribution in [-0.2, 0) is 0 Å². The van der Waals surface area contributed by atoms with Gasteiger partial charge in [0.25, 0.3) is 0 Å². The molecular formula is C21H16N6OS. The summed E-state index contributed by atoms with van der Waals surface area (Å²) in [6.07, 6.45) is 0. The lowest BCUT2D eigenvalue weighted by Gasteiger charge is -2.03. The van der Waals surface area contributed by atoms with E-state index < -0.39 is 0 Å². The van der Waals surface area contributed by atoms with Gasteiger partial charge in [-0.1, -0.05) is 60.3 Å². The quantitative estimate of drug-likeness (QED) is 0.444. The second-order valence-corrected chi connectivity index (χ2v) is 7.36. The van der Waals surface area contributed by atoms with Crippen molar-refractivity contribution in [3.8, 4) is 34.0 Å². The van der Waals surface area contributed by atoms with Gasteiger partial charge in [-0.05, 0) is 34.5 Å². The molecule has 0 saturated heterocycles. The molecule has 8 heteroatoms. The molecular weight excluding hydrogens is 384 g/mol. The van der Waals surface area contributed by atoms with Crippen molar-refractivity contribution in [3.63, 3.8) is 0 Å². The summed E-state index contributed by atoms with van der Waals surface area (Å²) in [6.45, 7) is 0.549. The highest BCUT2D eigenvalue weighted by atomic mass is 32.2. The Morgan fingerprint density at radius 1 is 0.897 bits per heavy atom. The van der Waals surface area contributed by atoms with Gasteiger partial charge in [0.15, 0.2) is 11.6 Å². The van der Waals surface area contributed by atoms with Crippen LogP contribution in [-0.4, -0.2) is 33.2 Å². The molecule has 5 rings (SSSR count). The molecule has 0 fully saturated rings. The highest BCUT2D eigenvalue weighted by Gasteiger charge is 2.13. The average molecular weight is 400 g/mol. The van der Waals surface area contributed by atoms with Crippen LogP contribution in [0.2, 0.25) is 0 Å². The molecule has 7 nitrogen and oxygen atoms in total. The third-order valence-electron chi connectivity index (χ3n) is 4.43. The van der Waals surface area contributed by atoms with Crippen molar-refractivity contribution >= 4 is 17.5 Å². The van der Waals surface area contributed by atoms with Crippen molar-refractivity contribution in [2.24, 2.45) is 15.4 Å². The fraction of sp³-hybridized carbons (Fsp3) is 0.0952. The topological polar surface area (TPSA) is 91.8 Å². The van der Waals surface area contributed by atoms with Crippen molar-refractivity contribution < 1.29 is 4.42 Å². The van der Waals surface area contributed by atoms with Gasteiger partial charge in [0, 0.05) is 11.3 Å². The molecule has 1 aliphatic rings. The number of hydrogen-bond donors (Lipinski definition) is 1. The normalized spacial score (nSPS) is 13.0. The number of furan rings is 1. The van der Waals surface area contributed by atoms with Gasteiger partial charge in [-0.15, -0.1) is 10.2 Å². The molecule has 2 aromatic carbocycles. The number of H-pyrrole nitrogens is 1. The maximum Gasteiger partial charge on any atom is 0.209 e. The molecule has 3 heterocycles. The Labute approximate surface area is 171 Å². The molecule has 0 aliphatic carbocycles. The molecule has 1 N–H and O–H groups in total. The first kappa shape index (κ1) is 17.6. The summed E-state index contributed by atoms with van der Waals surface area (Å²) in [5.74, 6) is 2.69. The standard InChI is InChI=1S/C21H16N6OS/c1-2-5-14(6-3-1)15-7-4-8-16(11-15)18-9-10-19(28-18)20-23-21(26-25-20)29-13-17-12-22-27-24-17/h1-11H,12-13H2,(H,23,25,26). The van der Waals surface area contributed by atoms with Crippen LogP contribution in [0.15, 0.2) is 91.7 Å². The fourth-order valence-corrected chi connectivity index (χ4v) is 3.70. The number of rotatable bonds is 6. The summed E-state index contributed by atoms with van der Waals surface area (Å²) in [6, 6.07) is 22.4. The number of benzene rings is 2. The Bertz CT molecular complexity index is 1190. The number of nitrogens with zero attached hydrogens (tertiary/aromatic N) is 5. The van der Waals surface area contributed by atoms with Gasteiger partial charge in [-0.25, -0.2) is 0 Å². The number of hydrogen-bond acceptors (Lipinski definition) is 7. The minimum atomic E-state index is 0.549. The molecule has 0 amide bonds.